The molecule has 9 heteroatoms. The summed E-state index contributed by atoms with van der Waals surface area (Å²) < 4.78 is 52.0. The molecule has 3 aromatic rings. The number of rotatable bonds is 8. The van der Waals surface area contributed by atoms with Crippen LogP contribution in [0.15, 0.2) is 66.7 Å². The molecule has 32 heavy (non-hydrogen) atoms. The van der Waals surface area contributed by atoms with Crippen molar-refractivity contribution < 1.29 is 22.0 Å². The molecule has 168 valence electrons. The van der Waals surface area contributed by atoms with Crippen LogP contribution in [0.5, 0.6) is 0 Å². The number of nitrogens with zero attached hydrogens (tertiary/aromatic N) is 1. The maximum absolute atomic E-state index is 13.5. The fraction of sp³-hybridized carbons (Fsp3) is 0.174. The summed E-state index contributed by atoms with van der Waals surface area (Å²) in [5, 5.41) is 2.62. The third kappa shape index (κ3) is 6.27. The lowest BCUT2D eigenvalue weighted by Gasteiger charge is -2.23. The first-order valence-corrected chi connectivity index (χ1v) is 11.9. The first-order chi connectivity index (χ1) is 15.1. The Morgan fingerprint density at radius 3 is 2.19 bits per heavy atom. The van der Waals surface area contributed by atoms with E-state index in [1.807, 2.05) is 0 Å². The van der Waals surface area contributed by atoms with Gasteiger partial charge in [-0.25, -0.2) is 17.2 Å². The van der Waals surface area contributed by atoms with Crippen LogP contribution in [0.1, 0.15) is 21.5 Å². The van der Waals surface area contributed by atoms with Crippen molar-refractivity contribution in [3.63, 3.8) is 0 Å². The Hall–Kier alpha value is -2.97. The van der Waals surface area contributed by atoms with Crippen molar-refractivity contribution >= 4 is 33.2 Å². The quantitative estimate of drug-likeness (QED) is 0.516. The highest BCUT2D eigenvalue weighted by atomic mass is 35.5. The van der Waals surface area contributed by atoms with Gasteiger partial charge in [0.05, 0.1) is 23.5 Å². The summed E-state index contributed by atoms with van der Waals surface area (Å²) in [5.41, 5.74) is 2.20. The van der Waals surface area contributed by atoms with E-state index in [0.717, 1.165) is 22.2 Å². The molecule has 0 heterocycles. The predicted molar refractivity (Wildman–Crippen MR) is 121 cm³/mol. The van der Waals surface area contributed by atoms with E-state index in [2.05, 4.69) is 5.32 Å². The van der Waals surface area contributed by atoms with Crippen molar-refractivity contribution in [1.82, 2.24) is 5.32 Å². The molecule has 3 aromatic carbocycles. The molecule has 0 aromatic heterocycles. The molecule has 0 radical (unpaired) electrons. The molecule has 0 saturated heterocycles. The number of benzene rings is 3. The molecular formula is C23H21ClF2N2O3S. The van der Waals surface area contributed by atoms with E-state index in [0.29, 0.717) is 24.1 Å². The van der Waals surface area contributed by atoms with Crippen LogP contribution in [0.2, 0.25) is 5.02 Å². The second kappa shape index (κ2) is 10.1. The van der Waals surface area contributed by atoms with Crippen LogP contribution in [0.3, 0.4) is 0 Å². The summed E-state index contributed by atoms with van der Waals surface area (Å²) in [4.78, 5) is 12.3. The first kappa shape index (κ1) is 23.7. The summed E-state index contributed by atoms with van der Waals surface area (Å²) >= 11 is 5.80. The summed E-state index contributed by atoms with van der Waals surface area (Å²) in [6, 6.07) is 16.3. The lowest BCUT2D eigenvalue weighted by atomic mass is 10.1. The van der Waals surface area contributed by atoms with Crippen LogP contribution in [0.25, 0.3) is 0 Å². The van der Waals surface area contributed by atoms with Gasteiger partial charge in [0.2, 0.25) is 10.0 Å². The summed E-state index contributed by atoms with van der Waals surface area (Å²) in [6.07, 6.45) is 1.61. The van der Waals surface area contributed by atoms with Crippen molar-refractivity contribution in [3.05, 3.63) is 100 Å². The summed E-state index contributed by atoms with van der Waals surface area (Å²) in [6.45, 7) is 0.382. The minimum absolute atomic E-state index is 0.00669. The van der Waals surface area contributed by atoms with E-state index in [-0.39, 0.29) is 29.0 Å². The minimum atomic E-state index is -3.66. The number of hydrogen-bond donors (Lipinski definition) is 1. The first-order valence-electron chi connectivity index (χ1n) is 9.68. The molecular weight excluding hydrogens is 458 g/mol. The van der Waals surface area contributed by atoms with Gasteiger partial charge in [-0.3, -0.25) is 9.10 Å². The third-order valence-electron chi connectivity index (χ3n) is 4.75. The van der Waals surface area contributed by atoms with Gasteiger partial charge in [0.25, 0.3) is 5.91 Å². The Morgan fingerprint density at radius 2 is 1.59 bits per heavy atom. The zero-order valence-electron chi connectivity index (χ0n) is 17.2. The number of nitrogens with one attached hydrogen (secondary N) is 1. The molecule has 1 amide bonds. The highest BCUT2D eigenvalue weighted by Gasteiger charge is 2.19. The van der Waals surface area contributed by atoms with Crippen LogP contribution in [0.4, 0.5) is 14.5 Å². The Bertz CT molecular complexity index is 1200. The molecule has 0 aliphatic carbocycles. The molecule has 0 aliphatic heterocycles. The van der Waals surface area contributed by atoms with Gasteiger partial charge in [0.1, 0.15) is 11.6 Å². The molecule has 0 saturated carbocycles. The van der Waals surface area contributed by atoms with Crippen molar-refractivity contribution in [3.8, 4) is 0 Å². The molecule has 0 atom stereocenters. The lowest BCUT2D eigenvalue weighted by molar-refractivity contribution is 0.0954. The van der Waals surface area contributed by atoms with Crippen LogP contribution in [-0.4, -0.2) is 27.1 Å². The number of carbonyl (C=O) groups is 1. The number of amides is 1. The van der Waals surface area contributed by atoms with Crippen molar-refractivity contribution in [2.24, 2.45) is 0 Å². The van der Waals surface area contributed by atoms with Gasteiger partial charge in [-0.05, 0) is 60.0 Å². The van der Waals surface area contributed by atoms with E-state index >= 15 is 0 Å². The maximum Gasteiger partial charge on any atom is 0.251 e. The largest absolute Gasteiger partial charge is 0.352 e. The standard InChI is InChI=1S/C23H21ClF2N2O3S/c1-32(30,31)28(20-10-11-22(26)21(24)14-20)15-17-2-6-18(7-3-17)23(29)27-13-12-16-4-8-19(25)9-5-16/h2-11,14H,12-13,15H2,1H3,(H,27,29). The van der Waals surface area contributed by atoms with Crippen molar-refractivity contribution in [2.75, 3.05) is 17.1 Å². The fourth-order valence-electron chi connectivity index (χ4n) is 3.04. The van der Waals surface area contributed by atoms with Gasteiger partial charge in [-0.2, -0.15) is 0 Å². The Morgan fingerprint density at radius 1 is 0.969 bits per heavy atom. The van der Waals surface area contributed by atoms with Crippen molar-refractivity contribution in [1.29, 1.82) is 0 Å². The second-order valence-electron chi connectivity index (χ2n) is 7.20. The number of carbonyl (C=O) groups excluding carboxylic acids is 1. The Labute approximate surface area is 190 Å². The average Bonchev–Trinajstić information content (AvgIpc) is 2.75. The van der Waals surface area contributed by atoms with E-state index in [4.69, 9.17) is 11.6 Å². The second-order valence-corrected chi connectivity index (χ2v) is 9.51. The van der Waals surface area contributed by atoms with Crippen LogP contribution in [-0.2, 0) is 23.0 Å². The summed E-state index contributed by atoms with van der Waals surface area (Å²) in [7, 11) is -3.66. The zero-order chi connectivity index (χ0) is 23.3. The van der Waals surface area contributed by atoms with E-state index < -0.39 is 15.8 Å². The van der Waals surface area contributed by atoms with Crippen LogP contribution < -0.4 is 9.62 Å². The Balaban J connectivity index is 1.64. The average molecular weight is 479 g/mol. The van der Waals surface area contributed by atoms with Gasteiger partial charge in [0.15, 0.2) is 0 Å². The number of halogens is 3. The van der Waals surface area contributed by atoms with Gasteiger partial charge in [-0.1, -0.05) is 35.9 Å². The van der Waals surface area contributed by atoms with E-state index in [1.54, 1.807) is 36.4 Å². The predicted octanol–water partition coefficient (Wildman–Crippen LogP) is 4.56. The molecule has 0 spiro atoms. The molecule has 0 aliphatic rings. The third-order valence-corrected chi connectivity index (χ3v) is 6.18. The Kier molecular flexibility index (Phi) is 7.48. The minimum Gasteiger partial charge on any atom is -0.352 e. The molecule has 0 unspecified atom stereocenters. The van der Waals surface area contributed by atoms with Gasteiger partial charge < -0.3 is 5.32 Å². The highest BCUT2D eigenvalue weighted by molar-refractivity contribution is 7.92. The fourth-order valence-corrected chi connectivity index (χ4v) is 4.10. The smallest absolute Gasteiger partial charge is 0.251 e. The SMILES string of the molecule is CS(=O)(=O)N(Cc1ccc(C(=O)NCCc2ccc(F)cc2)cc1)c1ccc(F)c(Cl)c1. The normalized spacial score (nSPS) is 11.2. The van der Waals surface area contributed by atoms with Gasteiger partial charge >= 0.3 is 0 Å². The van der Waals surface area contributed by atoms with Gasteiger partial charge in [0, 0.05) is 12.1 Å². The van der Waals surface area contributed by atoms with Crippen molar-refractivity contribution in [2.45, 2.75) is 13.0 Å². The van der Waals surface area contributed by atoms with E-state index in [9.17, 15) is 22.0 Å². The van der Waals surface area contributed by atoms with Gasteiger partial charge in [-0.15, -0.1) is 0 Å². The maximum atomic E-state index is 13.5. The number of anilines is 1. The molecule has 0 fully saturated rings. The van der Waals surface area contributed by atoms with Crippen LogP contribution in [0, 0.1) is 11.6 Å². The summed E-state index contributed by atoms with van der Waals surface area (Å²) in [5.74, 6) is -1.22. The topological polar surface area (TPSA) is 66.5 Å². The highest BCUT2D eigenvalue weighted by Crippen LogP contribution is 2.26. The molecule has 1 N–H and O–H groups in total. The molecule has 3 rings (SSSR count). The lowest BCUT2D eigenvalue weighted by Crippen LogP contribution is -2.29. The van der Waals surface area contributed by atoms with E-state index in [1.165, 1.54) is 24.3 Å². The monoisotopic (exact) mass is 478 g/mol. The number of sulfonamides is 1. The van der Waals surface area contributed by atoms with Crippen LogP contribution >= 0.6 is 11.6 Å². The molecule has 5 nitrogen and oxygen atoms in total. The number of hydrogen-bond acceptors (Lipinski definition) is 3. The zero-order valence-corrected chi connectivity index (χ0v) is 18.8. The molecule has 0 bridgehead atoms.